The number of H-pyrrole nitrogens is 1. The van der Waals surface area contributed by atoms with Crippen molar-refractivity contribution in [3.05, 3.63) is 87.8 Å². The Hall–Kier alpha value is -3.36. The fourth-order valence-corrected chi connectivity index (χ4v) is 3.88. The Morgan fingerprint density at radius 3 is 2.34 bits per heavy atom. The van der Waals surface area contributed by atoms with Crippen LogP contribution in [0.3, 0.4) is 0 Å². The Labute approximate surface area is 170 Å². The first kappa shape index (κ1) is 19.0. The third-order valence-corrected chi connectivity index (χ3v) is 5.44. The minimum Gasteiger partial charge on any atom is -0.369 e. The maximum atomic E-state index is 12.1. The number of nitriles is 1. The highest BCUT2D eigenvalue weighted by Gasteiger charge is 2.18. The van der Waals surface area contributed by atoms with E-state index in [1.807, 2.05) is 31.2 Å². The minimum atomic E-state index is -0.332. The highest BCUT2D eigenvalue weighted by Crippen LogP contribution is 2.26. The average molecular weight is 384 g/mol. The number of nitrogens with one attached hydrogen (secondary N) is 1. The monoisotopic (exact) mass is 384 g/mol. The van der Waals surface area contributed by atoms with Gasteiger partial charge in [0.1, 0.15) is 11.6 Å². The molecule has 1 aliphatic heterocycles. The summed E-state index contributed by atoms with van der Waals surface area (Å²) >= 11 is 0. The van der Waals surface area contributed by atoms with Crippen LogP contribution in [0, 0.1) is 18.3 Å². The zero-order valence-electron chi connectivity index (χ0n) is 16.6. The maximum absolute atomic E-state index is 12.1. The molecule has 2 aromatic carbocycles. The molecule has 0 bridgehead atoms. The van der Waals surface area contributed by atoms with Gasteiger partial charge in [0.15, 0.2) is 0 Å². The molecule has 146 valence electrons. The highest BCUT2D eigenvalue weighted by molar-refractivity contribution is 5.72. The number of pyridine rings is 1. The van der Waals surface area contributed by atoms with Crippen LogP contribution in [0.4, 0.5) is 5.69 Å². The topological polar surface area (TPSA) is 63.1 Å². The molecule has 0 aliphatic carbocycles. The van der Waals surface area contributed by atoms with Crippen LogP contribution in [-0.4, -0.2) is 36.1 Å². The second kappa shape index (κ2) is 8.34. The summed E-state index contributed by atoms with van der Waals surface area (Å²) in [5, 5.41) is 9.36. The minimum absolute atomic E-state index is 0.165. The van der Waals surface area contributed by atoms with Crippen molar-refractivity contribution < 1.29 is 0 Å². The summed E-state index contributed by atoms with van der Waals surface area (Å²) in [7, 11) is 0. The van der Waals surface area contributed by atoms with Crippen LogP contribution in [0.2, 0.25) is 0 Å². The van der Waals surface area contributed by atoms with Gasteiger partial charge in [-0.2, -0.15) is 5.26 Å². The summed E-state index contributed by atoms with van der Waals surface area (Å²) < 4.78 is 0. The zero-order valence-corrected chi connectivity index (χ0v) is 16.6. The van der Waals surface area contributed by atoms with Crippen LogP contribution >= 0.6 is 0 Å². The van der Waals surface area contributed by atoms with Gasteiger partial charge < -0.3 is 9.88 Å². The van der Waals surface area contributed by atoms with Crippen molar-refractivity contribution in [3.8, 4) is 17.2 Å². The second-order valence-electron chi connectivity index (χ2n) is 7.48. The largest absolute Gasteiger partial charge is 0.369 e. The van der Waals surface area contributed by atoms with Gasteiger partial charge in [-0.3, -0.25) is 9.69 Å². The third-order valence-electron chi connectivity index (χ3n) is 5.44. The van der Waals surface area contributed by atoms with E-state index in [4.69, 9.17) is 0 Å². The Morgan fingerprint density at radius 2 is 1.69 bits per heavy atom. The summed E-state index contributed by atoms with van der Waals surface area (Å²) in [6.07, 6.45) is 0. The Bertz CT molecular complexity index is 1070. The molecule has 1 fully saturated rings. The fourth-order valence-electron chi connectivity index (χ4n) is 3.88. The van der Waals surface area contributed by atoms with Crippen molar-refractivity contribution in [2.24, 2.45) is 0 Å². The van der Waals surface area contributed by atoms with Gasteiger partial charge in [-0.25, -0.2) is 0 Å². The Morgan fingerprint density at radius 1 is 1.00 bits per heavy atom. The summed E-state index contributed by atoms with van der Waals surface area (Å²) in [5.41, 5.74) is 4.69. The smallest absolute Gasteiger partial charge is 0.266 e. The zero-order chi connectivity index (χ0) is 20.2. The van der Waals surface area contributed by atoms with Crippen LogP contribution in [0.25, 0.3) is 11.1 Å². The molecule has 0 atom stereocenters. The summed E-state index contributed by atoms with van der Waals surface area (Å²) in [5.74, 6) is 0. The van der Waals surface area contributed by atoms with Crippen LogP contribution in [0.15, 0.2) is 65.5 Å². The van der Waals surface area contributed by atoms with Gasteiger partial charge in [0.05, 0.1) is 0 Å². The molecule has 0 saturated carbocycles. The van der Waals surface area contributed by atoms with Gasteiger partial charge in [-0.05, 0) is 36.2 Å². The first-order valence-electron chi connectivity index (χ1n) is 9.90. The van der Waals surface area contributed by atoms with E-state index in [2.05, 4.69) is 57.2 Å². The molecular weight excluding hydrogens is 360 g/mol. The number of piperazine rings is 1. The van der Waals surface area contributed by atoms with Gasteiger partial charge in [0.25, 0.3) is 5.56 Å². The molecule has 1 N–H and O–H groups in total. The van der Waals surface area contributed by atoms with Crippen LogP contribution in [0.1, 0.15) is 16.8 Å². The van der Waals surface area contributed by atoms with Crippen molar-refractivity contribution in [3.63, 3.8) is 0 Å². The molecule has 0 radical (unpaired) electrons. The second-order valence-corrected chi connectivity index (χ2v) is 7.48. The first-order chi connectivity index (χ1) is 14.1. The predicted molar refractivity (Wildman–Crippen MR) is 116 cm³/mol. The molecule has 0 amide bonds. The third kappa shape index (κ3) is 4.23. The fraction of sp³-hybridized carbons (Fsp3) is 0.250. The van der Waals surface area contributed by atoms with Crippen LogP contribution in [0.5, 0.6) is 0 Å². The quantitative estimate of drug-likeness (QED) is 0.747. The number of aromatic nitrogens is 1. The van der Waals surface area contributed by atoms with Crippen molar-refractivity contribution >= 4 is 5.69 Å². The lowest BCUT2D eigenvalue weighted by Crippen LogP contribution is -2.45. The number of hydrogen-bond acceptors (Lipinski definition) is 4. The lowest BCUT2D eigenvalue weighted by Gasteiger charge is -2.36. The van der Waals surface area contributed by atoms with Gasteiger partial charge in [-0.1, -0.05) is 42.5 Å². The summed E-state index contributed by atoms with van der Waals surface area (Å²) in [6.45, 7) is 6.85. The Balaban J connectivity index is 1.45. The molecule has 0 unspecified atom stereocenters. The van der Waals surface area contributed by atoms with Gasteiger partial charge >= 0.3 is 0 Å². The van der Waals surface area contributed by atoms with Gasteiger partial charge in [0, 0.05) is 49.7 Å². The summed E-state index contributed by atoms with van der Waals surface area (Å²) in [4.78, 5) is 19.6. The van der Waals surface area contributed by atoms with Gasteiger partial charge in [-0.15, -0.1) is 0 Å². The molecule has 1 aliphatic rings. The molecule has 1 saturated heterocycles. The average Bonchev–Trinajstić information content (AvgIpc) is 2.75. The van der Waals surface area contributed by atoms with Crippen LogP contribution < -0.4 is 10.5 Å². The number of benzene rings is 2. The molecule has 5 heteroatoms. The van der Waals surface area contributed by atoms with Crippen LogP contribution in [-0.2, 0) is 6.54 Å². The molecule has 1 aromatic heterocycles. The van der Waals surface area contributed by atoms with E-state index < -0.39 is 0 Å². The molecular formula is C24H24N4O. The maximum Gasteiger partial charge on any atom is 0.266 e. The Kier molecular flexibility index (Phi) is 5.46. The predicted octanol–water partition coefficient (Wildman–Crippen LogP) is 3.54. The van der Waals surface area contributed by atoms with Gasteiger partial charge in [0.2, 0.25) is 0 Å². The lowest BCUT2D eigenvalue weighted by molar-refractivity contribution is 0.250. The van der Waals surface area contributed by atoms with E-state index >= 15 is 0 Å². The molecule has 3 aromatic rings. The lowest BCUT2D eigenvalue weighted by atomic mass is 10.0. The normalized spacial score (nSPS) is 14.6. The van der Waals surface area contributed by atoms with Crippen molar-refractivity contribution in [2.45, 2.75) is 13.5 Å². The number of anilines is 1. The number of hydrogen-bond donors (Lipinski definition) is 1. The van der Waals surface area contributed by atoms with E-state index in [1.165, 1.54) is 11.3 Å². The number of aryl methyl sites for hydroxylation is 1. The number of nitrogens with zero attached hydrogens (tertiary/aromatic N) is 3. The van der Waals surface area contributed by atoms with E-state index in [0.29, 0.717) is 5.56 Å². The number of aromatic amines is 1. The van der Waals surface area contributed by atoms with Crippen molar-refractivity contribution in [1.82, 2.24) is 9.88 Å². The van der Waals surface area contributed by atoms with Crippen molar-refractivity contribution in [2.75, 3.05) is 31.1 Å². The summed E-state index contributed by atoms with van der Waals surface area (Å²) in [6, 6.07) is 22.6. The highest BCUT2D eigenvalue weighted by atomic mass is 16.1. The SMILES string of the molecule is Cc1cc(-c2ccc(N3CCN(Cc4ccccc4)CC3)cc2)c(C#N)c(=O)[nH]1. The molecule has 2 heterocycles. The van der Waals surface area contributed by atoms with E-state index in [0.717, 1.165) is 44.0 Å². The molecule has 29 heavy (non-hydrogen) atoms. The first-order valence-corrected chi connectivity index (χ1v) is 9.90. The molecule has 0 spiro atoms. The standard InChI is InChI=1S/C24H24N4O/c1-18-15-22(23(16-25)24(29)26-18)20-7-9-21(10-8-20)28-13-11-27(12-14-28)17-19-5-3-2-4-6-19/h2-10,15H,11-14,17H2,1H3,(H,26,29). The number of rotatable bonds is 4. The van der Waals surface area contributed by atoms with E-state index in [1.54, 1.807) is 0 Å². The molecule has 5 nitrogen and oxygen atoms in total. The molecule has 4 rings (SSSR count). The van der Waals surface area contributed by atoms with E-state index in [9.17, 15) is 10.1 Å². The van der Waals surface area contributed by atoms with E-state index in [-0.39, 0.29) is 11.1 Å². The van der Waals surface area contributed by atoms with Crippen molar-refractivity contribution in [1.29, 1.82) is 5.26 Å².